The molecular formula is C19H21N3O. The van der Waals surface area contributed by atoms with Gasteiger partial charge in [0.15, 0.2) is 0 Å². The molecule has 1 aromatic heterocycles. The zero-order valence-corrected chi connectivity index (χ0v) is 13.9. The average Bonchev–Trinajstić information content (AvgIpc) is 2.79. The number of aromatic nitrogens is 1. The van der Waals surface area contributed by atoms with Gasteiger partial charge in [0, 0.05) is 23.1 Å². The van der Waals surface area contributed by atoms with Crippen molar-refractivity contribution in [3.05, 3.63) is 58.9 Å². The van der Waals surface area contributed by atoms with Gasteiger partial charge in [-0.1, -0.05) is 18.2 Å². The monoisotopic (exact) mass is 307 g/mol. The van der Waals surface area contributed by atoms with E-state index in [0.29, 0.717) is 0 Å². The average molecular weight is 307 g/mol. The summed E-state index contributed by atoms with van der Waals surface area (Å²) in [6.45, 7) is 7.74. The number of aryl methyl sites for hydroxylation is 1. The van der Waals surface area contributed by atoms with Crippen molar-refractivity contribution in [2.24, 2.45) is 0 Å². The van der Waals surface area contributed by atoms with Crippen LogP contribution in [-0.2, 0) is 4.79 Å². The second-order valence-electron chi connectivity index (χ2n) is 5.80. The lowest BCUT2D eigenvalue weighted by Crippen LogP contribution is -2.30. The minimum Gasteiger partial charge on any atom is -0.349 e. The van der Waals surface area contributed by atoms with Gasteiger partial charge >= 0.3 is 0 Å². The van der Waals surface area contributed by atoms with E-state index in [9.17, 15) is 10.1 Å². The van der Waals surface area contributed by atoms with Crippen LogP contribution in [0.4, 0.5) is 0 Å². The number of nitrogens with zero attached hydrogens (tertiary/aromatic N) is 2. The Morgan fingerprint density at radius 2 is 1.91 bits per heavy atom. The lowest BCUT2D eigenvalue weighted by molar-refractivity contribution is -0.117. The molecule has 118 valence electrons. The number of nitrogens with one attached hydrogen (secondary N) is 1. The van der Waals surface area contributed by atoms with Crippen LogP contribution in [0.2, 0.25) is 0 Å². The number of nitriles is 1. The van der Waals surface area contributed by atoms with Gasteiger partial charge in [-0.25, -0.2) is 0 Å². The van der Waals surface area contributed by atoms with Crippen LogP contribution in [0.15, 0.2) is 42.0 Å². The molecule has 1 N–H and O–H groups in total. The van der Waals surface area contributed by atoms with E-state index in [0.717, 1.165) is 22.6 Å². The topological polar surface area (TPSA) is 57.8 Å². The van der Waals surface area contributed by atoms with Crippen molar-refractivity contribution in [2.75, 3.05) is 0 Å². The Bertz CT molecular complexity index is 777. The molecule has 2 rings (SSSR count). The summed E-state index contributed by atoms with van der Waals surface area (Å²) in [6, 6.07) is 14.0. The molecule has 0 aliphatic carbocycles. The van der Waals surface area contributed by atoms with Gasteiger partial charge in [-0.05, 0) is 57.5 Å². The first-order valence-electron chi connectivity index (χ1n) is 7.61. The second-order valence-corrected chi connectivity index (χ2v) is 5.80. The normalized spacial score (nSPS) is 11.4. The summed E-state index contributed by atoms with van der Waals surface area (Å²) >= 11 is 0. The minimum atomic E-state index is -0.341. The molecule has 0 spiro atoms. The van der Waals surface area contributed by atoms with Crippen molar-refractivity contribution in [3.8, 4) is 11.8 Å². The standard InChI is InChI=1S/C19H21N3O/c1-13(2)21-19(23)17(12-20)11-16-10-14(3)22(15(16)4)18-8-6-5-7-9-18/h5-11,13H,1-4H3,(H,21,23)/b17-11+. The first kappa shape index (κ1) is 16.6. The van der Waals surface area contributed by atoms with Gasteiger partial charge in [-0.3, -0.25) is 4.79 Å². The number of rotatable bonds is 4. The van der Waals surface area contributed by atoms with Crippen LogP contribution < -0.4 is 5.32 Å². The molecule has 2 aromatic rings. The van der Waals surface area contributed by atoms with Gasteiger partial charge in [0.05, 0.1) is 0 Å². The fraction of sp³-hybridized carbons (Fsp3) is 0.263. The van der Waals surface area contributed by atoms with Gasteiger partial charge in [0.25, 0.3) is 5.91 Å². The molecule has 4 heteroatoms. The molecule has 0 fully saturated rings. The SMILES string of the molecule is Cc1cc(/C=C(\C#N)C(=O)NC(C)C)c(C)n1-c1ccccc1. The number of carbonyl (C=O) groups is 1. The van der Waals surface area contributed by atoms with E-state index in [4.69, 9.17) is 0 Å². The van der Waals surface area contributed by atoms with Crippen molar-refractivity contribution in [1.82, 2.24) is 9.88 Å². The van der Waals surface area contributed by atoms with Crippen LogP contribution in [0.1, 0.15) is 30.8 Å². The highest BCUT2D eigenvalue weighted by Gasteiger charge is 2.14. The minimum absolute atomic E-state index is 0.00370. The predicted octanol–water partition coefficient (Wildman–Crippen LogP) is 3.53. The second kappa shape index (κ2) is 6.97. The molecular weight excluding hydrogens is 286 g/mol. The Hall–Kier alpha value is -2.80. The molecule has 0 aliphatic heterocycles. The Morgan fingerprint density at radius 3 is 2.48 bits per heavy atom. The van der Waals surface area contributed by atoms with E-state index in [-0.39, 0.29) is 17.5 Å². The fourth-order valence-corrected chi connectivity index (χ4v) is 2.55. The number of para-hydroxylation sites is 1. The predicted molar refractivity (Wildman–Crippen MR) is 92.1 cm³/mol. The highest BCUT2D eigenvalue weighted by molar-refractivity contribution is 6.01. The van der Waals surface area contributed by atoms with Crippen LogP contribution in [0.5, 0.6) is 0 Å². The third kappa shape index (κ3) is 3.70. The molecule has 1 aromatic carbocycles. The van der Waals surface area contributed by atoms with E-state index in [1.54, 1.807) is 6.08 Å². The Balaban J connectivity index is 2.44. The first-order chi connectivity index (χ1) is 10.9. The molecule has 0 aliphatic rings. The lowest BCUT2D eigenvalue weighted by atomic mass is 10.1. The van der Waals surface area contributed by atoms with Gasteiger partial charge in [-0.2, -0.15) is 5.26 Å². The largest absolute Gasteiger partial charge is 0.349 e. The summed E-state index contributed by atoms with van der Waals surface area (Å²) in [5.41, 5.74) is 4.11. The van der Waals surface area contributed by atoms with Gasteiger partial charge in [0.2, 0.25) is 0 Å². The lowest BCUT2D eigenvalue weighted by Gasteiger charge is -2.09. The first-order valence-corrected chi connectivity index (χ1v) is 7.61. The van der Waals surface area contributed by atoms with Crippen LogP contribution in [0.3, 0.4) is 0 Å². The molecule has 0 atom stereocenters. The zero-order valence-electron chi connectivity index (χ0n) is 13.9. The summed E-state index contributed by atoms with van der Waals surface area (Å²) in [6.07, 6.45) is 1.65. The van der Waals surface area contributed by atoms with E-state index >= 15 is 0 Å². The number of benzene rings is 1. The van der Waals surface area contributed by atoms with Gasteiger partial charge in [0.1, 0.15) is 11.6 Å². The van der Waals surface area contributed by atoms with Crippen molar-refractivity contribution in [3.63, 3.8) is 0 Å². The van der Waals surface area contributed by atoms with Crippen LogP contribution in [-0.4, -0.2) is 16.5 Å². The summed E-state index contributed by atoms with van der Waals surface area (Å²) in [5, 5.41) is 12.0. The van der Waals surface area contributed by atoms with Crippen molar-refractivity contribution in [2.45, 2.75) is 33.7 Å². The Morgan fingerprint density at radius 1 is 1.26 bits per heavy atom. The molecule has 1 amide bonds. The van der Waals surface area contributed by atoms with Crippen molar-refractivity contribution >= 4 is 12.0 Å². The number of carbonyl (C=O) groups excluding carboxylic acids is 1. The van der Waals surface area contributed by atoms with Crippen molar-refractivity contribution in [1.29, 1.82) is 5.26 Å². The van der Waals surface area contributed by atoms with Crippen LogP contribution >= 0.6 is 0 Å². The maximum atomic E-state index is 12.1. The molecule has 4 nitrogen and oxygen atoms in total. The Kier molecular flexibility index (Phi) is 5.02. The highest BCUT2D eigenvalue weighted by Crippen LogP contribution is 2.22. The molecule has 0 saturated heterocycles. The highest BCUT2D eigenvalue weighted by atomic mass is 16.1. The maximum absolute atomic E-state index is 12.1. The van der Waals surface area contributed by atoms with Crippen LogP contribution in [0, 0.1) is 25.2 Å². The Labute approximate surface area is 137 Å². The quantitative estimate of drug-likeness (QED) is 0.694. The van der Waals surface area contributed by atoms with E-state index in [1.165, 1.54) is 0 Å². The van der Waals surface area contributed by atoms with Gasteiger partial charge in [-0.15, -0.1) is 0 Å². The summed E-state index contributed by atoms with van der Waals surface area (Å²) in [4.78, 5) is 12.1. The summed E-state index contributed by atoms with van der Waals surface area (Å²) in [7, 11) is 0. The molecule has 0 bridgehead atoms. The summed E-state index contributed by atoms with van der Waals surface area (Å²) < 4.78 is 2.11. The molecule has 1 heterocycles. The van der Waals surface area contributed by atoms with E-state index in [2.05, 4.69) is 9.88 Å². The number of amides is 1. The third-order valence-electron chi connectivity index (χ3n) is 3.57. The number of hydrogen-bond donors (Lipinski definition) is 1. The molecule has 0 saturated carbocycles. The fourth-order valence-electron chi connectivity index (χ4n) is 2.55. The van der Waals surface area contributed by atoms with Gasteiger partial charge < -0.3 is 9.88 Å². The molecule has 0 unspecified atom stereocenters. The number of hydrogen-bond acceptors (Lipinski definition) is 2. The van der Waals surface area contributed by atoms with Crippen LogP contribution in [0.25, 0.3) is 11.8 Å². The smallest absolute Gasteiger partial charge is 0.262 e. The van der Waals surface area contributed by atoms with E-state index in [1.807, 2.05) is 70.2 Å². The van der Waals surface area contributed by atoms with Crippen molar-refractivity contribution < 1.29 is 4.79 Å². The molecule has 23 heavy (non-hydrogen) atoms. The zero-order chi connectivity index (χ0) is 17.0. The maximum Gasteiger partial charge on any atom is 0.262 e. The molecule has 0 radical (unpaired) electrons. The van der Waals surface area contributed by atoms with E-state index < -0.39 is 0 Å². The summed E-state index contributed by atoms with van der Waals surface area (Å²) in [5.74, 6) is -0.341. The third-order valence-corrected chi connectivity index (χ3v) is 3.57.